The van der Waals surface area contributed by atoms with Crippen molar-refractivity contribution in [3.63, 3.8) is 0 Å². The molecule has 3 aromatic rings. The van der Waals surface area contributed by atoms with Gasteiger partial charge in [-0.2, -0.15) is 10.4 Å². The van der Waals surface area contributed by atoms with Crippen LogP contribution in [0, 0.1) is 23.0 Å². The van der Waals surface area contributed by atoms with Gasteiger partial charge in [-0.3, -0.25) is 5.10 Å². The summed E-state index contributed by atoms with van der Waals surface area (Å²) in [6, 6.07) is 10.4. The molecule has 2 aromatic carbocycles. The number of aromatic nitrogens is 2. The number of nitriles is 1. The van der Waals surface area contributed by atoms with Crippen LogP contribution in [0.5, 0.6) is 0 Å². The maximum Gasteiger partial charge on any atom is 0.150 e. The van der Waals surface area contributed by atoms with Gasteiger partial charge in [0.15, 0.2) is 0 Å². The highest BCUT2D eigenvalue weighted by Gasteiger charge is 2.13. The molecule has 0 unspecified atom stereocenters. The minimum Gasteiger partial charge on any atom is -0.274 e. The van der Waals surface area contributed by atoms with Gasteiger partial charge in [0, 0.05) is 10.9 Å². The van der Waals surface area contributed by atoms with Crippen molar-refractivity contribution >= 4 is 10.9 Å². The third-order valence-corrected chi connectivity index (χ3v) is 2.85. The summed E-state index contributed by atoms with van der Waals surface area (Å²) in [4.78, 5) is 0. The zero-order chi connectivity index (χ0) is 13.4. The molecule has 0 aliphatic carbocycles. The van der Waals surface area contributed by atoms with E-state index in [0.717, 1.165) is 6.07 Å². The van der Waals surface area contributed by atoms with E-state index >= 15 is 0 Å². The summed E-state index contributed by atoms with van der Waals surface area (Å²) in [6.45, 7) is 0. The molecule has 0 radical (unpaired) electrons. The second-order valence-electron chi connectivity index (χ2n) is 4.07. The number of aromatic amines is 1. The van der Waals surface area contributed by atoms with E-state index in [4.69, 9.17) is 5.26 Å². The molecule has 0 fully saturated rings. The summed E-state index contributed by atoms with van der Waals surface area (Å²) in [5.41, 5.74) is 1.36. The highest BCUT2D eigenvalue weighted by molar-refractivity contribution is 5.94. The molecule has 19 heavy (non-hydrogen) atoms. The summed E-state index contributed by atoms with van der Waals surface area (Å²) in [7, 11) is 0. The predicted molar refractivity (Wildman–Crippen MR) is 66.2 cm³/mol. The molecule has 0 saturated heterocycles. The van der Waals surface area contributed by atoms with Gasteiger partial charge in [-0.05, 0) is 24.3 Å². The summed E-state index contributed by atoms with van der Waals surface area (Å²) < 4.78 is 27.0. The molecule has 0 spiro atoms. The fourth-order valence-corrected chi connectivity index (χ4v) is 2.00. The van der Waals surface area contributed by atoms with Crippen LogP contribution in [-0.4, -0.2) is 10.2 Å². The Morgan fingerprint density at radius 2 is 2.00 bits per heavy atom. The van der Waals surface area contributed by atoms with Crippen molar-refractivity contribution in [1.29, 1.82) is 5.26 Å². The average molecular weight is 255 g/mol. The molecule has 3 rings (SSSR count). The van der Waals surface area contributed by atoms with Crippen molar-refractivity contribution in [3.8, 4) is 17.3 Å². The third-order valence-electron chi connectivity index (χ3n) is 2.85. The molecule has 92 valence electrons. The molecular formula is C14H7F2N3. The minimum atomic E-state index is -0.552. The van der Waals surface area contributed by atoms with Crippen LogP contribution < -0.4 is 0 Å². The molecule has 0 atom stereocenters. The van der Waals surface area contributed by atoms with Crippen LogP contribution in [0.2, 0.25) is 0 Å². The lowest BCUT2D eigenvalue weighted by molar-refractivity contribution is 0.628. The Morgan fingerprint density at radius 3 is 2.74 bits per heavy atom. The van der Waals surface area contributed by atoms with Gasteiger partial charge in [0.05, 0.1) is 11.6 Å². The predicted octanol–water partition coefficient (Wildman–Crippen LogP) is 3.38. The first kappa shape index (κ1) is 11.4. The second kappa shape index (κ2) is 4.18. The number of H-pyrrole nitrogens is 1. The Balaban J connectivity index is 2.31. The van der Waals surface area contributed by atoms with Crippen LogP contribution in [0.1, 0.15) is 5.56 Å². The number of nitrogens with zero attached hydrogens (tertiary/aromatic N) is 2. The number of hydrogen-bond acceptors (Lipinski definition) is 2. The topological polar surface area (TPSA) is 52.5 Å². The third kappa shape index (κ3) is 1.83. The molecule has 0 amide bonds. The van der Waals surface area contributed by atoms with Crippen LogP contribution >= 0.6 is 0 Å². The van der Waals surface area contributed by atoms with Gasteiger partial charge < -0.3 is 0 Å². The lowest BCUT2D eigenvalue weighted by Crippen LogP contribution is -1.83. The largest absolute Gasteiger partial charge is 0.274 e. The molecule has 3 nitrogen and oxygen atoms in total. The normalized spacial score (nSPS) is 10.6. The van der Waals surface area contributed by atoms with Crippen molar-refractivity contribution in [3.05, 3.63) is 53.6 Å². The van der Waals surface area contributed by atoms with E-state index in [-0.39, 0.29) is 11.1 Å². The number of fused-ring (bicyclic) bond motifs is 1. The Kier molecular flexibility index (Phi) is 2.50. The van der Waals surface area contributed by atoms with Gasteiger partial charge >= 0.3 is 0 Å². The van der Waals surface area contributed by atoms with Gasteiger partial charge in [0.2, 0.25) is 0 Å². The number of halogens is 2. The molecule has 0 aliphatic rings. The van der Waals surface area contributed by atoms with Gasteiger partial charge in [-0.15, -0.1) is 0 Å². The van der Waals surface area contributed by atoms with Gasteiger partial charge in [0.1, 0.15) is 22.8 Å². The number of rotatable bonds is 1. The maximum atomic E-state index is 13.7. The highest BCUT2D eigenvalue weighted by Crippen LogP contribution is 2.28. The van der Waals surface area contributed by atoms with Crippen molar-refractivity contribution < 1.29 is 8.78 Å². The van der Waals surface area contributed by atoms with Crippen LogP contribution in [-0.2, 0) is 0 Å². The highest BCUT2D eigenvalue weighted by atomic mass is 19.1. The van der Waals surface area contributed by atoms with Gasteiger partial charge in [0.25, 0.3) is 0 Å². The van der Waals surface area contributed by atoms with Crippen molar-refractivity contribution in [2.24, 2.45) is 0 Å². The van der Waals surface area contributed by atoms with Crippen molar-refractivity contribution in [2.75, 3.05) is 0 Å². The smallest absolute Gasteiger partial charge is 0.150 e. The van der Waals surface area contributed by atoms with E-state index in [1.165, 1.54) is 18.2 Å². The number of benzene rings is 2. The average Bonchev–Trinajstić information content (AvgIpc) is 2.83. The van der Waals surface area contributed by atoms with Gasteiger partial charge in [-0.25, -0.2) is 8.78 Å². The molecule has 0 saturated carbocycles. The van der Waals surface area contributed by atoms with Crippen LogP contribution in [0.3, 0.4) is 0 Å². The fourth-order valence-electron chi connectivity index (χ4n) is 2.00. The Labute approximate surface area is 107 Å². The van der Waals surface area contributed by atoms with E-state index < -0.39 is 11.6 Å². The van der Waals surface area contributed by atoms with E-state index in [1.54, 1.807) is 12.1 Å². The minimum absolute atomic E-state index is 0.198. The zero-order valence-corrected chi connectivity index (χ0v) is 9.61. The second-order valence-corrected chi connectivity index (χ2v) is 4.07. The molecular weight excluding hydrogens is 248 g/mol. The SMILES string of the molecule is N#Cc1cc(F)c2[nH]nc(-c3cccc(F)c3)c2c1. The molecule has 1 aromatic heterocycles. The Bertz CT molecular complexity index is 815. The van der Waals surface area contributed by atoms with Crippen LogP contribution in [0.4, 0.5) is 8.78 Å². The zero-order valence-electron chi connectivity index (χ0n) is 9.61. The monoisotopic (exact) mass is 255 g/mol. The lowest BCUT2D eigenvalue weighted by atomic mass is 10.1. The number of hydrogen-bond donors (Lipinski definition) is 1. The first-order valence-electron chi connectivity index (χ1n) is 5.52. The quantitative estimate of drug-likeness (QED) is 0.724. The summed E-state index contributed by atoms with van der Waals surface area (Å²) in [6.07, 6.45) is 0. The van der Waals surface area contributed by atoms with Crippen molar-refractivity contribution in [2.45, 2.75) is 0 Å². The standard InChI is InChI=1S/C14H7F2N3/c15-10-3-1-2-9(6-10)13-11-4-8(7-17)5-12(16)14(11)19-18-13/h1-6H,(H,18,19). The van der Waals surface area contributed by atoms with Crippen molar-refractivity contribution in [1.82, 2.24) is 10.2 Å². The summed E-state index contributed by atoms with van der Waals surface area (Å²) >= 11 is 0. The van der Waals surface area contributed by atoms with E-state index in [2.05, 4.69) is 10.2 Å². The maximum absolute atomic E-state index is 13.7. The first-order valence-corrected chi connectivity index (χ1v) is 5.52. The lowest BCUT2D eigenvalue weighted by Gasteiger charge is -1.99. The molecule has 1 heterocycles. The first-order chi connectivity index (χ1) is 9.19. The molecule has 5 heteroatoms. The van der Waals surface area contributed by atoms with E-state index in [1.807, 2.05) is 6.07 Å². The number of nitrogens with one attached hydrogen (secondary N) is 1. The molecule has 0 aliphatic heterocycles. The molecule has 0 bridgehead atoms. The fraction of sp³-hybridized carbons (Fsp3) is 0. The van der Waals surface area contributed by atoms with Crippen LogP contribution in [0.15, 0.2) is 36.4 Å². The van der Waals surface area contributed by atoms with Gasteiger partial charge in [-0.1, -0.05) is 12.1 Å². The van der Waals surface area contributed by atoms with E-state index in [0.29, 0.717) is 16.6 Å². The Hall–Kier alpha value is -2.74. The van der Waals surface area contributed by atoms with Crippen LogP contribution in [0.25, 0.3) is 22.2 Å². The summed E-state index contributed by atoms with van der Waals surface area (Å²) in [5, 5.41) is 15.9. The molecule has 1 N–H and O–H groups in total. The summed E-state index contributed by atoms with van der Waals surface area (Å²) in [5.74, 6) is -0.949. The Morgan fingerprint density at radius 1 is 1.16 bits per heavy atom. The van der Waals surface area contributed by atoms with E-state index in [9.17, 15) is 8.78 Å².